The van der Waals surface area contributed by atoms with E-state index in [1.54, 1.807) is 0 Å². The van der Waals surface area contributed by atoms with Gasteiger partial charge in [0.2, 0.25) is 0 Å². The third-order valence-electron chi connectivity index (χ3n) is 3.14. The zero-order valence-corrected chi connectivity index (χ0v) is 15.1. The van der Waals surface area contributed by atoms with E-state index in [0.717, 1.165) is 26.9 Å². The molecule has 0 radical (unpaired) electrons. The van der Waals surface area contributed by atoms with E-state index in [0.29, 0.717) is 0 Å². The number of halogens is 3. The summed E-state index contributed by atoms with van der Waals surface area (Å²) in [6, 6.07) is 14.6. The molecule has 2 rings (SSSR count). The van der Waals surface area contributed by atoms with Crippen LogP contribution in [0.2, 0.25) is 5.02 Å². The second-order valence-corrected chi connectivity index (χ2v) is 6.81. The maximum absolute atomic E-state index is 5.94. The van der Waals surface area contributed by atoms with Crippen LogP contribution in [0.4, 0.5) is 0 Å². The monoisotopic (exact) mass is 415 g/mol. The minimum atomic E-state index is 0.271. The molecule has 0 amide bonds. The predicted molar refractivity (Wildman–Crippen MR) is 93.4 cm³/mol. The Labute approximate surface area is 142 Å². The van der Waals surface area contributed by atoms with Gasteiger partial charge < -0.3 is 5.32 Å². The molecular formula is C16H16Br2ClN. The molecule has 0 aliphatic carbocycles. The van der Waals surface area contributed by atoms with Gasteiger partial charge in [-0.2, -0.15) is 0 Å². The lowest BCUT2D eigenvalue weighted by Crippen LogP contribution is -2.23. The van der Waals surface area contributed by atoms with Crippen LogP contribution >= 0.6 is 43.5 Å². The second-order valence-electron chi connectivity index (χ2n) is 4.61. The molecule has 0 fully saturated rings. The Balaban J connectivity index is 2.26. The molecule has 0 aromatic heterocycles. The first-order chi connectivity index (χ1) is 9.60. The lowest BCUT2D eigenvalue weighted by molar-refractivity contribution is 0.548. The highest BCUT2D eigenvalue weighted by atomic mass is 79.9. The molecule has 106 valence electrons. The summed E-state index contributed by atoms with van der Waals surface area (Å²) in [5, 5.41) is 4.32. The van der Waals surface area contributed by atoms with E-state index in [4.69, 9.17) is 11.6 Å². The van der Waals surface area contributed by atoms with E-state index < -0.39 is 0 Å². The molecule has 1 nitrogen and oxygen atoms in total. The van der Waals surface area contributed by atoms with Gasteiger partial charge in [-0.05, 0) is 54.4 Å². The van der Waals surface area contributed by atoms with Gasteiger partial charge in [0.05, 0.1) is 0 Å². The minimum Gasteiger partial charge on any atom is -0.310 e. The van der Waals surface area contributed by atoms with Gasteiger partial charge >= 0.3 is 0 Å². The van der Waals surface area contributed by atoms with Gasteiger partial charge in [-0.3, -0.25) is 0 Å². The van der Waals surface area contributed by atoms with E-state index in [1.807, 2.05) is 18.2 Å². The second kappa shape index (κ2) is 7.60. The van der Waals surface area contributed by atoms with E-state index in [1.165, 1.54) is 11.1 Å². The van der Waals surface area contributed by atoms with E-state index >= 15 is 0 Å². The van der Waals surface area contributed by atoms with Crippen LogP contribution in [-0.2, 0) is 6.42 Å². The zero-order chi connectivity index (χ0) is 14.5. The van der Waals surface area contributed by atoms with Crippen LogP contribution in [0.25, 0.3) is 0 Å². The summed E-state index contributed by atoms with van der Waals surface area (Å²) >= 11 is 13.1. The molecule has 0 aliphatic rings. The molecule has 0 heterocycles. The fourth-order valence-corrected chi connectivity index (χ4v) is 3.20. The van der Waals surface area contributed by atoms with Gasteiger partial charge in [0, 0.05) is 20.0 Å². The molecule has 0 spiro atoms. The smallest absolute Gasteiger partial charge is 0.0406 e. The van der Waals surface area contributed by atoms with Crippen molar-refractivity contribution in [3.05, 3.63) is 67.6 Å². The zero-order valence-electron chi connectivity index (χ0n) is 11.2. The summed E-state index contributed by atoms with van der Waals surface area (Å²) in [5.74, 6) is 0. The molecule has 1 N–H and O–H groups in total. The Morgan fingerprint density at radius 3 is 2.45 bits per heavy atom. The Kier molecular flexibility index (Phi) is 6.09. The number of nitrogens with one attached hydrogen (secondary N) is 1. The summed E-state index contributed by atoms with van der Waals surface area (Å²) < 4.78 is 2.22. The Morgan fingerprint density at radius 2 is 1.80 bits per heavy atom. The van der Waals surface area contributed by atoms with Crippen molar-refractivity contribution in [2.75, 3.05) is 6.54 Å². The van der Waals surface area contributed by atoms with Crippen molar-refractivity contribution in [2.24, 2.45) is 0 Å². The number of rotatable bonds is 5. The standard InChI is InChI=1S/C16H16Br2ClN/c1-2-20-16(9-11-3-6-13(19)7-4-11)14-10-12(17)5-8-15(14)18/h3-8,10,16,20H,2,9H2,1H3. The average Bonchev–Trinajstić information content (AvgIpc) is 2.43. The van der Waals surface area contributed by atoms with Crippen molar-refractivity contribution in [3.63, 3.8) is 0 Å². The molecule has 2 aromatic rings. The molecule has 2 aromatic carbocycles. The molecule has 0 saturated heterocycles. The van der Waals surface area contributed by atoms with Crippen LogP contribution < -0.4 is 5.32 Å². The first-order valence-electron chi connectivity index (χ1n) is 6.53. The molecule has 4 heteroatoms. The van der Waals surface area contributed by atoms with Crippen LogP contribution in [0.3, 0.4) is 0 Å². The van der Waals surface area contributed by atoms with Gasteiger partial charge in [-0.15, -0.1) is 0 Å². The van der Waals surface area contributed by atoms with Gasteiger partial charge in [0.1, 0.15) is 0 Å². The number of likely N-dealkylation sites (N-methyl/N-ethyl adjacent to an activating group) is 1. The normalized spacial score (nSPS) is 12.4. The molecular weight excluding hydrogens is 401 g/mol. The third-order valence-corrected chi connectivity index (χ3v) is 4.60. The Hall–Kier alpha value is -0.350. The topological polar surface area (TPSA) is 12.0 Å². The van der Waals surface area contributed by atoms with Crippen LogP contribution in [0.1, 0.15) is 24.1 Å². The lowest BCUT2D eigenvalue weighted by Gasteiger charge is -2.20. The fraction of sp³-hybridized carbons (Fsp3) is 0.250. The Bertz CT molecular complexity index is 569. The van der Waals surface area contributed by atoms with Crippen LogP contribution in [-0.4, -0.2) is 6.54 Å². The van der Waals surface area contributed by atoms with Crippen LogP contribution in [0.5, 0.6) is 0 Å². The highest BCUT2D eigenvalue weighted by Gasteiger charge is 2.14. The van der Waals surface area contributed by atoms with Crippen molar-refractivity contribution in [1.82, 2.24) is 5.32 Å². The molecule has 0 aliphatic heterocycles. The van der Waals surface area contributed by atoms with Crippen molar-refractivity contribution in [2.45, 2.75) is 19.4 Å². The van der Waals surface area contributed by atoms with E-state index in [2.05, 4.69) is 68.4 Å². The predicted octanol–water partition coefficient (Wildman–Crippen LogP) is 5.76. The maximum Gasteiger partial charge on any atom is 0.0406 e. The van der Waals surface area contributed by atoms with Gasteiger partial charge in [0.25, 0.3) is 0 Å². The number of benzene rings is 2. The van der Waals surface area contributed by atoms with Gasteiger partial charge in [-0.25, -0.2) is 0 Å². The van der Waals surface area contributed by atoms with Crippen molar-refractivity contribution < 1.29 is 0 Å². The highest BCUT2D eigenvalue weighted by Crippen LogP contribution is 2.29. The minimum absolute atomic E-state index is 0.271. The van der Waals surface area contributed by atoms with E-state index in [-0.39, 0.29) is 6.04 Å². The third kappa shape index (κ3) is 4.32. The summed E-state index contributed by atoms with van der Waals surface area (Å²) in [6.07, 6.45) is 0.931. The molecule has 0 saturated carbocycles. The van der Waals surface area contributed by atoms with Crippen LogP contribution in [0.15, 0.2) is 51.4 Å². The lowest BCUT2D eigenvalue weighted by atomic mass is 9.99. The fourth-order valence-electron chi connectivity index (χ4n) is 2.18. The average molecular weight is 418 g/mol. The van der Waals surface area contributed by atoms with Gasteiger partial charge in [0.15, 0.2) is 0 Å². The molecule has 1 unspecified atom stereocenters. The molecule has 1 atom stereocenters. The number of hydrogen-bond acceptors (Lipinski definition) is 1. The molecule has 0 bridgehead atoms. The summed E-state index contributed by atoms with van der Waals surface area (Å²) in [6.45, 7) is 3.05. The number of hydrogen-bond donors (Lipinski definition) is 1. The largest absolute Gasteiger partial charge is 0.310 e. The van der Waals surface area contributed by atoms with Crippen molar-refractivity contribution >= 4 is 43.5 Å². The van der Waals surface area contributed by atoms with Crippen molar-refractivity contribution in [1.29, 1.82) is 0 Å². The first kappa shape index (κ1) is 16.0. The molecule has 20 heavy (non-hydrogen) atoms. The van der Waals surface area contributed by atoms with Crippen molar-refractivity contribution in [3.8, 4) is 0 Å². The first-order valence-corrected chi connectivity index (χ1v) is 8.49. The van der Waals surface area contributed by atoms with E-state index in [9.17, 15) is 0 Å². The van der Waals surface area contributed by atoms with Gasteiger partial charge in [-0.1, -0.05) is 62.5 Å². The summed E-state index contributed by atoms with van der Waals surface area (Å²) in [4.78, 5) is 0. The quantitative estimate of drug-likeness (QED) is 0.652. The SMILES string of the molecule is CCNC(Cc1ccc(Cl)cc1)c1cc(Br)ccc1Br. The summed E-state index contributed by atoms with van der Waals surface area (Å²) in [5.41, 5.74) is 2.53. The highest BCUT2D eigenvalue weighted by molar-refractivity contribution is 9.11. The summed E-state index contributed by atoms with van der Waals surface area (Å²) in [7, 11) is 0. The maximum atomic E-state index is 5.94. The van der Waals surface area contributed by atoms with Crippen LogP contribution in [0, 0.1) is 0 Å². The Morgan fingerprint density at radius 1 is 1.10 bits per heavy atom.